The molecule has 1 N–H and O–H groups in total. The maximum absolute atomic E-state index is 13.7. The predicted molar refractivity (Wildman–Crippen MR) is 77.8 cm³/mol. The molecular formula is C17H17F4N. The molecule has 0 aliphatic heterocycles. The summed E-state index contributed by atoms with van der Waals surface area (Å²) in [6.45, 7) is 3.65. The number of alkyl halides is 3. The molecule has 0 radical (unpaired) electrons. The van der Waals surface area contributed by atoms with Crippen molar-refractivity contribution >= 4 is 0 Å². The van der Waals surface area contributed by atoms with Crippen molar-refractivity contribution < 1.29 is 17.6 Å². The Morgan fingerprint density at radius 2 is 1.45 bits per heavy atom. The highest BCUT2D eigenvalue weighted by molar-refractivity contribution is 5.27. The smallest absolute Gasteiger partial charge is 0.304 e. The molecule has 2 aromatic rings. The predicted octanol–water partition coefficient (Wildman–Crippen LogP) is 5.26. The lowest BCUT2D eigenvalue weighted by Crippen LogP contribution is -2.23. The fraction of sp³-hybridized carbons (Fsp3) is 0.294. The maximum Gasteiger partial charge on any atom is 0.416 e. The quantitative estimate of drug-likeness (QED) is 0.760. The molecule has 1 nitrogen and oxygen atoms in total. The van der Waals surface area contributed by atoms with Gasteiger partial charge in [-0.05, 0) is 37.6 Å². The molecule has 0 aromatic heterocycles. The van der Waals surface area contributed by atoms with Crippen LogP contribution in [0, 0.1) is 5.82 Å². The van der Waals surface area contributed by atoms with Gasteiger partial charge < -0.3 is 5.32 Å². The van der Waals surface area contributed by atoms with E-state index >= 15 is 0 Å². The Balaban J connectivity index is 2.09. The van der Waals surface area contributed by atoms with Gasteiger partial charge in [0, 0.05) is 17.6 Å². The molecule has 2 unspecified atom stereocenters. The van der Waals surface area contributed by atoms with Gasteiger partial charge in [-0.25, -0.2) is 4.39 Å². The summed E-state index contributed by atoms with van der Waals surface area (Å²) in [5.74, 6) is -0.304. The maximum atomic E-state index is 13.7. The number of hydrogen-bond acceptors (Lipinski definition) is 1. The molecule has 118 valence electrons. The van der Waals surface area contributed by atoms with Crippen LogP contribution in [0.1, 0.15) is 42.6 Å². The molecule has 2 aromatic carbocycles. The number of halogens is 4. The summed E-state index contributed by atoms with van der Waals surface area (Å²) in [5.41, 5.74) is 0.572. The molecule has 0 spiro atoms. The Bertz CT molecular complexity index is 619. The van der Waals surface area contributed by atoms with Gasteiger partial charge in [0.25, 0.3) is 0 Å². The van der Waals surface area contributed by atoms with Crippen molar-refractivity contribution in [3.05, 3.63) is 71.0 Å². The van der Waals surface area contributed by atoms with E-state index in [-0.39, 0.29) is 17.9 Å². The molecule has 0 heterocycles. The van der Waals surface area contributed by atoms with E-state index in [1.54, 1.807) is 18.2 Å². The number of nitrogens with one attached hydrogen (secondary N) is 1. The SMILES string of the molecule is CC(NC(C)c1ccccc1F)c1ccc(C(F)(F)F)cc1. The van der Waals surface area contributed by atoms with Crippen molar-refractivity contribution in [1.29, 1.82) is 0 Å². The summed E-state index contributed by atoms with van der Waals surface area (Å²) in [6, 6.07) is 11.0. The number of rotatable bonds is 4. The van der Waals surface area contributed by atoms with E-state index < -0.39 is 11.7 Å². The van der Waals surface area contributed by atoms with Crippen LogP contribution in [-0.2, 0) is 6.18 Å². The fourth-order valence-electron chi connectivity index (χ4n) is 2.35. The van der Waals surface area contributed by atoms with Crippen molar-refractivity contribution in [2.75, 3.05) is 0 Å². The van der Waals surface area contributed by atoms with Crippen LogP contribution in [0.3, 0.4) is 0 Å². The van der Waals surface area contributed by atoms with E-state index in [9.17, 15) is 17.6 Å². The largest absolute Gasteiger partial charge is 0.416 e. The van der Waals surface area contributed by atoms with Crippen LogP contribution in [0.5, 0.6) is 0 Å². The first kappa shape index (κ1) is 16.5. The Labute approximate surface area is 127 Å². The molecule has 0 fully saturated rings. The zero-order valence-electron chi connectivity index (χ0n) is 12.3. The second-order valence-corrected chi connectivity index (χ2v) is 5.25. The van der Waals surface area contributed by atoms with E-state index in [1.807, 2.05) is 13.8 Å². The fourth-order valence-corrected chi connectivity index (χ4v) is 2.35. The van der Waals surface area contributed by atoms with Gasteiger partial charge in [-0.1, -0.05) is 30.3 Å². The number of benzene rings is 2. The molecular weight excluding hydrogens is 294 g/mol. The van der Waals surface area contributed by atoms with Gasteiger partial charge in [-0.15, -0.1) is 0 Å². The third-order valence-electron chi connectivity index (χ3n) is 3.61. The Morgan fingerprint density at radius 1 is 0.864 bits per heavy atom. The summed E-state index contributed by atoms with van der Waals surface area (Å²) in [4.78, 5) is 0. The summed E-state index contributed by atoms with van der Waals surface area (Å²) < 4.78 is 51.3. The second-order valence-electron chi connectivity index (χ2n) is 5.25. The Hall–Kier alpha value is -1.88. The van der Waals surface area contributed by atoms with Gasteiger partial charge in [-0.2, -0.15) is 13.2 Å². The van der Waals surface area contributed by atoms with Crippen LogP contribution >= 0.6 is 0 Å². The normalized spacial score (nSPS) is 14.6. The molecule has 22 heavy (non-hydrogen) atoms. The first-order chi connectivity index (χ1) is 10.3. The van der Waals surface area contributed by atoms with Crippen molar-refractivity contribution in [2.24, 2.45) is 0 Å². The van der Waals surface area contributed by atoms with Crippen LogP contribution < -0.4 is 5.32 Å². The highest BCUT2D eigenvalue weighted by Gasteiger charge is 2.30. The Kier molecular flexibility index (Phi) is 4.86. The summed E-state index contributed by atoms with van der Waals surface area (Å²) in [5, 5.41) is 3.19. The molecule has 2 atom stereocenters. The summed E-state index contributed by atoms with van der Waals surface area (Å²) in [7, 11) is 0. The van der Waals surface area contributed by atoms with Gasteiger partial charge in [0.1, 0.15) is 5.82 Å². The van der Waals surface area contributed by atoms with Gasteiger partial charge in [0.2, 0.25) is 0 Å². The third-order valence-corrected chi connectivity index (χ3v) is 3.61. The van der Waals surface area contributed by atoms with Crippen molar-refractivity contribution in [3.63, 3.8) is 0 Å². The van der Waals surface area contributed by atoms with E-state index in [4.69, 9.17) is 0 Å². The first-order valence-electron chi connectivity index (χ1n) is 6.96. The molecule has 5 heteroatoms. The standard InChI is InChI=1S/C17H17F4N/c1-11(13-7-9-14(10-8-13)17(19,20)21)22-12(2)15-5-3-4-6-16(15)18/h3-12,22H,1-2H3. The lowest BCUT2D eigenvalue weighted by molar-refractivity contribution is -0.137. The summed E-state index contributed by atoms with van der Waals surface area (Å²) in [6.07, 6.45) is -4.34. The first-order valence-corrected chi connectivity index (χ1v) is 6.96. The molecule has 0 amide bonds. The minimum atomic E-state index is -4.34. The minimum Gasteiger partial charge on any atom is -0.304 e. The van der Waals surface area contributed by atoms with Gasteiger partial charge in [0.05, 0.1) is 5.56 Å². The van der Waals surface area contributed by atoms with E-state index in [0.29, 0.717) is 5.56 Å². The molecule has 0 saturated heterocycles. The number of hydrogen-bond donors (Lipinski definition) is 1. The highest BCUT2D eigenvalue weighted by atomic mass is 19.4. The van der Waals surface area contributed by atoms with E-state index in [2.05, 4.69) is 5.32 Å². The van der Waals surface area contributed by atoms with Crippen LogP contribution in [0.25, 0.3) is 0 Å². The van der Waals surface area contributed by atoms with Crippen LogP contribution in [-0.4, -0.2) is 0 Å². The van der Waals surface area contributed by atoms with Crippen molar-refractivity contribution in [3.8, 4) is 0 Å². The average molecular weight is 311 g/mol. The third kappa shape index (κ3) is 3.85. The van der Waals surface area contributed by atoms with Gasteiger partial charge >= 0.3 is 6.18 Å². The zero-order valence-corrected chi connectivity index (χ0v) is 12.3. The van der Waals surface area contributed by atoms with Crippen molar-refractivity contribution in [2.45, 2.75) is 32.1 Å². The van der Waals surface area contributed by atoms with Crippen LogP contribution in [0.2, 0.25) is 0 Å². The summed E-state index contributed by atoms with van der Waals surface area (Å²) >= 11 is 0. The van der Waals surface area contributed by atoms with E-state index in [0.717, 1.165) is 17.7 Å². The van der Waals surface area contributed by atoms with Crippen LogP contribution in [0.4, 0.5) is 17.6 Å². The molecule has 2 rings (SSSR count). The lowest BCUT2D eigenvalue weighted by atomic mass is 10.0. The minimum absolute atomic E-state index is 0.197. The topological polar surface area (TPSA) is 12.0 Å². The monoisotopic (exact) mass is 311 g/mol. The zero-order chi connectivity index (χ0) is 16.3. The molecule has 0 aliphatic carbocycles. The molecule has 0 aliphatic rings. The van der Waals surface area contributed by atoms with E-state index in [1.165, 1.54) is 18.2 Å². The molecule has 0 saturated carbocycles. The van der Waals surface area contributed by atoms with Crippen LogP contribution in [0.15, 0.2) is 48.5 Å². The second kappa shape index (κ2) is 6.48. The lowest BCUT2D eigenvalue weighted by Gasteiger charge is -2.21. The van der Waals surface area contributed by atoms with Gasteiger partial charge in [0.15, 0.2) is 0 Å². The molecule has 0 bridgehead atoms. The van der Waals surface area contributed by atoms with Crippen molar-refractivity contribution in [1.82, 2.24) is 5.32 Å². The highest BCUT2D eigenvalue weighted by Crippen LogP contribution is 2.30. The Morgan fingerprint density at radius 3 is 2.00 bits per heavy atom. The average Bonchev–Trinajstić information content (AvgIpc) is 2.46. The van der Waals surface area contributed by atoms with Gasteiger partial charge in [-0.3, -0.25) is 0 Å².